The van der Waals surface area contributed by atoms with Gasteiger partial charge in [0.05, 0.1) is 0 Å². The summed E-state index contributed by atoms with van der Waals surface area (Å²) in [5.74, 6) is 0. The third-order valence-electron chi connectivity index (χ3n) is 2.66. The van der Waals surface area contributed by atoms with Gasteiger partial charge in [-0.25, -0.2) is 0 Å². The molecule has 0 amide bonds. The monoisotopic (exact) mass is 173 g/mol. The molecule has 0 aromatic heterocycles. The van der Waals surface area contributed by atoms with Crippen LogP contribution in [0.2, 0.25) is 0 Å². The van der Waals surface area contributed by atoms with E-state index in [1.165, 1.54) is 19.3 Å². The van der Waals surface area contributed by atoms with Crippen molar-refractivity contribution in [1.29, 1.82) is 0 Å². The molecule has 1 N–H and O–H groups in total. The first-order chi connectivity index (χ1) is 5.67. The molecule has 74 valence electrons. The molecule has 1 aliphatic heterocycles. The third kappa shape index (κ3) is 3.55. The van der Waals surface area contributed by atoms with Crippen LogP contribution in [0.3, 0.4) is 0 Å². The Kier molecular flexibility index (Phi) is 6.39. The molecule has 2 nitrogen and oxygen atoms in total. The molecule has 1 rings (SSSR count). The standard InChI is InChI=1S/C8H17N.C2H6O/c1-4-8-6-5-7(2)9(8)3;1-2-3/h7-8H,4-6H2,1-3H3;3H,2H2,1H3. The molecule has 0 radical (unpaired) electrons. The van der Waals surface area contributed by atoms with Crippen LogP contribution in [0.4, 0.5) is 0 Å². The highest BCUT2D eigenvalue weighted by molar-refractivity contribution is 4.80. The van der Waals surface area contributed by atoms with Crippen LogP contribution in [0.5, 0.6) is 0 Å². The minimum Gasteiger partial charge on any atom is -0.397 e. The quantitative estimate of drug-likeness (QED) is 0.654. The van der Waals surface area contributed by atoms with Gasteiger partial charge in [0.1, 0.15) is 0 Å². The highest BCUT2D eigenvalue weighted by Gasteiger charge is 2.24. The zero-order chi connectivity index (χ0) is 9.56. The van der Waals surface area contributed by atoms with Gasteiger partial charge in [0.15, 0.2) is 0 Å². The minimum absolute atomic E-state index is 0.250. The second-order valence-corrected chi connectivity index (χ2v) is 3.47. The van der Waals surface area contributed by atoms with Gasteiger partial charge in [-0.3, -0.25) is 0 Å². The largest absolute Gasteiger partial charge is 0.397 e. The van der Waals surface area contributed by atoms with Crippen LogP contribution in [0.25, 0.3) is 0 Å². The van der Waals surface area contributed by atoms with E-state index in [0.717, 1.165) is 12.1 Å². The van der Waals surface area contributed by atoms with Crippen molar-refractivity contribution in [2.75, 3.05) is 13.7 Å². The van der Waals surface area contributed by atoms with Gasteiger partial charge in [0.25, 0.3) is 0 Å². The average molecular weight is 173 g/mol. The van der Waals surface area contributed by atoms with Crippen LogP contribution in [0.1, 0.15) is 40.0 Å². The van der Waals surface area contributed by atoms with Crippen molar-refractivity contribution in [3.8, 4) is 0 Å². The van der Waals surface area contributed by atoms with Crippen LogP contribution >= 0.6 is 0 Å². The van der Waals surface area contributed by atoms with Crippen LogP contribution in [0, 0.1) is 0 Å². The summed E-state index contributed by atoms with van der Waals surface area (Å²) in [7, 11) is 2.24. The van der Waals surface area contributed by atoms with E-state index in [4.69, 9.17) is 5.11 Å². The minimum atomic E-state index is 0.250. The molecule has 1 heterocycles. The fraction of sp³-hybridized carbons (Fsp3) is 1.00. The fourth-order valence-electron chi connectivity index (χ4n) is 1.69. The Bertz CT molecular complexity index is 106. The van der Waals surface area contributed by atoms with Gasteiger partial charge in [0.2, 0.25) is 0 Å². The smallest absolute Gasteiger partial charge is 0.0402 e. The molecule has 1 saturated heterocycles. The Morgan fingerprint density at radius 3 is 2.00 bits per heavy atom. The maximum atomic E-state index is 7.57. The first kappa shape index (κ1) is 11.9. The van der Waals surface area contributed by atoms with Crippen molar-refractivity contribution in [1.82, 2.24) is 4.90 Å². The number of rotatable bonds is 1. The van der Waals surface area contributed by atoms with Crippen LogP contribution < -0.4 is 0 Å². The zero-order valence-corrected chi connectivity index (χ0v) is 8.88. The summed E-state index contributed by atoms with van der Waals surface area (Å²) in [6.07, 6.45) is 4.13. The van der Waals surface area contributed by atoms with E-state index in [0.29, 0.717) is 0 Å². The van der Waals surface area contributed by atoms with Gasteiger partial charge in [-0.2, -0.15) is 0 Å². The molecular formula is C10H23NO. The van der Waals surface area contributed by atoms with E-state index in [-0.39, 0.29) is 6.61 Å². The normalized spacial score (nSPS) is 29.8. The van der Waals surface area contributed by atoms with Crippen molar-refractivity contribution < 1.29 is 5.11 Å². The molecule has 2 atom stereocenters. The lowest BCUT2D eigenvalue weighted by atomic mass is 10.2. The van der Waals surface area contributed by atoms with Crippen molar-refractivity contribution in [3.05, 3.63) is 0 Å². The summed E-state index contributed by atoms with van der Waals surface area (Å²) >= 11 is 0. The predicted octanol–water partition coefficient (Wildman–Crippen LogP) is 1.88. The molecule has 0 aliphatic carbocycles. The van der Waals surface area contributed by atoms with E-state index in [9.17, 15) is 0 Å². The lowest BCUT2D eigenvalue weighted by Gasteiger charge is -2.21. The second kappa shape index (κ2) is 6.44. The van der Waals surface area contributed by atoms with Gasteiger partial charge in [-0.1, -0.05) is 6.92 Å². The number of hydrogen-bond acceptors (Lipinski definition) is 2. The molecule has 0 bridgehead atoms. The number of nitrogens with zero attached hydrogens (tertiary/aromatic N) is 1. The lowest BCUT2D eigenvalue weighted by Crippen LogP contribution is -2.29. The molecule has 0 aromatic rings. The van der Waals surface area contributed by atoms with E-state index in [1.807, 2.05) is 0 Å². The van der Waals surface area contributed by atoms with E-state index in [2.05, 4.69) is 25.8 Å². The molecule has 0 spiro atoms. The zero-order valence-electron chi connectivity index (χ0n) is 8.88. The maximum Gasteiger partial charge on any atom is 0.0402 e. The van der Waals surface area contributed by atoms with Crippen LogP contribution in [-0.2, 0) is 0 Å². The Morgan fingerprint density at radius 2 is 1.83 bits per heavy atom. The molecule has 2 heteroatoms. The number of aliphatic hydroxyl groups is 1. The SMILES string of the molecule is CCC1CCC(C)N1C.CCO. The number of aliphatic hydroxyl groups excluding tert-OH is 1. The van der Waals surface area contributed by atoms with Crippen molar-refractivity contribution in [3.63, 3.8) is 0 Å². The van der Waals surface area contributed by atoms with Gasteiger partial charge < -0.3 is 10.0 Å². The van der Waals surface area contributed by atoms with Crippen molar-refractivity contribution in [2.24, 2.45) is 0 Å². The summed E-state index contributed by atoms with van der Waals surface area (Å²) in [5, 5.41) is 7.57. The van der Waals surface area contributed by atoms with Crippen LogP contribution in [-0.4, -0.2) is 35.7 Å². The van der Waals surface area contributed by atoms with E-state index in [1.54, 1.807) is 6.92 Å². The second-order valence-electron chi connectivity index (χ2n) is 3.47. The van der Waals surface area contributed by atoms with Crippen LogP contribution in [0.15, 0.2) is 0 Å². The molecule has 12 heavy (non-hydrogen) atoms. The summed E-state index contributed by atoms with van der Waals surface area (Å²) < 4.78 is 0. The molecule has 0 aromatic carbocycles. The summed E-state index contributed by atoms with van der Waals surface area (Å²) in [6, 6.07) is 1.70. The topological polar surface area (TPSA) is 23.5 Å². The van der Waals surface area contributed by atoms with E-state index >= 15 is 0 Å². The molecule has 1 aliphatic rings. The Morgan fingerprint density at radius 1 is 1.33 bits per heavy atom. The lowest BCUT2D eigenvalue weighted by molar-refractivity contribution is 0.248. The summed E-state index contributed by atoms with van der Waals surface area (Å²) in [5.41, 5.74) is 0. The first-order valence-corrected chi connectivity index (χ1v) is 5.00. The third-order valence-corrected chi connectivity index (χ3v) is 2.66. The van der Waals surface area contributed by atoms with Crippen molar-refractivity contribution >= 4 is 0 Å². The maximum absolute atomic E-state index is 7.57. The summed E-state index contributed by atoms with van der Waals surface area (Å²) in [6.45, 7) is 6.52. The number of likely N-dealkylation sites (tertiary alicyclic amines) is 1. The molecule has 0 saturated carbocycles. The average Bonchev–Trinajstić information content (AvgIpc) is 2.35. The fourth-order valence-corrected chi connectivity index (χ4v) is 1.69. The van der Waals surface area contributed by atoms with Gasteiger partial charge in [0, 0.05) is 18.7 Å². The van der Waals surface area contributed by atoms with Gasteiger partial charge >= 0.3 is 0 Å². The summed E-state index contributed by atoms with van der Waals surface area (Å²) in [4.78, 5) is 2.50. The highest BCUT2D eigenvalue weighted by Crippen LogP contribution is 2.23. The van der Waals surface area contributed by atoms with Gasteiger partial charge in [-0.05, 0) is 40.2 Å². The molecular weight excluding hydrogens is 150 g/mol. The van der Waals surface area contributed by atoms with Crippen molar-refractivity contribution in [2.45, 2.75) is 52.1 Å². The van der Waals surface area contributed by atoms with E-state index < -0.39 is 0 Å². The van der Waals surface area contributed by atoms with Gasteiger partial charge in [-0.15, -0.1) is 0 Å². The predicted molar refractivity (Wildman–Crippen MR) is 53.3 cm³/mol. The highest BCUT2D eigenvalue weighted by atomic mass is 16.2. The Labute approximate surface area is 76.6 Å². The molecule has 1 fully saturated rings. The number of hydrogen-bond donors (Lipinski definition) is 1. The first-order valence-electron chi connectivity index (χ1n) is 5.00. The molecule has 2 unspecified atom stereocenters. The Hall–Kier alpha value is -0.0800. The Balaban J connectivity index is 0.000000354.